The van der Waals surface area contributed by atoms with E-state index in [1.165, 1.54) is 60.6 Å². The molecule has 2 fully saturated rings. The Morgan fingerprint density at radius 2 is 1.41 bits per heavy atom. The van der Waals surface area contributed by atoms with Crippen molar-refractivity contribution in [3.05, 3.63) is 130 Å². The average Bonchev–Trinajstić information content (AvgIpc) is 3.72. The normalized spacial score (nSPS) is 16.3. The lowest BCUT2D eigenvalue weighted by Gasteiger charge is -2.24. The summed E-state index contributed by atoms with van der Waals surface area (Å²) < 4.78 is 60.3. The van der Waals surface area contributed by atoms with Gasteiger partial charge in [0, 0.05) is 66.5 Å². The van der Waals surface area contributed by atoms with Gasteiger partial charge in [-0.25, -0.2) is 22.8 Å². The number of anilines is 2. The molecule has 286 valence electrons. The monoisotopic (exact) mass is 765 g/mol. The number of hydrogen-bond acceptors (Lipinski definition) is 11. The van der Waals surface area contributed by atoms with E-state index in [2.05, 4.69) is 31.3 Å². The summed E-state index contributed by atoms with van der Waals surface area (Å²) in [7, 11) is 1.39. The number of nitrogens with zero attached hydrogens (tertiary/aromatic N) is 5. The SMILES string of the molecule is COc1cc(C(=O)Nc2ccc([C@H]3CNCCO3)c(F)c2)cc(C#N)n1.N#Cc1ccc(-n2cc(C(=O)Nc3ccc([C@H]4CNCCO4)c(F)c3)cn2)c(F)c1. The fourth-order valence-electron chi connectivity index (χ4n) is 5.80. The van der Waals surface area contributed by atoms with Gasteiger partial charge in [-0.1, -0.05) is 12.1 Å². The molecular weight excluding hydrogens is 731 g/mol. The number of ether oxygens (including phenoxy) is 3. The standard InChI is InChI=1S/C21H17F2N5O2.C18H17FN4O3/c22-17-8-15(2-3-16(17)20-11-25-5-6-30-20)27-21(29)14-10-26-28(12-14)19-4-1-13(9-24)7-18(19)23;1-25-17-7-11(6-13(9-20)22-17)18(24)23-12-2-3-14(15(19)8-12)16-10-21-4-5-26-16/h1-4,7-8,10,12,20,25H,5-6,11H2,(H,27,29);2-3,6-8,16,21H,4-5,10H2,1H3,(H,23,24)/t20-;16-/m11/s1. The molecule has 14 nitrogen and oxygen atoms in total. The van der Waals surface area contributed by atoms with Crippen LogP contribution in [0, 0.1) is 40.1 Å². The van der Waals surface area contributed by atoms with Crippen LogP contribution < -0.4 is 26.0 Å². The van der Waals surface area contributed by atoms with Crippen molar-refractivity contribution in [2.24, 2.45) is 0 Å². The molecule has 2 aromatic heterocycles. The third kappa shape index (κ3) is 9.53. The molecule has 56 heavy (non-hydrogen) atoms. The van der Waals surface area contributed by atoms with Crippen molar-refractivity contribution in [3.63, 3.8) is 0 Å². The van der Waals surface area contributed by atoms with Crippen molar-refractivity contribution in [3.8, 4) is 23.7 Å². The van der Waals surface area contributed by atoms with E-state index in [-0.39, 0.29) is 51.8 Å². The number of carbonyl (C=O) groups excluding carboxylic acids is 2. The van der Waals surface area contributed by atoms with Crippen molar-refractivity contribution in [1.29, 1.82) is 10.5 Å². The molecule has 17 heteroatoms. The Hall–Kier alpha value is -6.63. The lowest BCUT2D eigenvalue weighted by molar-refractivity contribution is 0.0254. The molecule has 7 rings (SSSR count). The van der Waals surface area contributed by atoms with Crippen LogP contribution in [0.15, 0.2) is 79.1 Å². The summed E-state index contributed by atoms with van der Waals surface area (Å²) in [6.07, 6.45) is 1.91. The van der Waals surface area contributed by atoms with Gasteiger partial charge in [-0.3, -0.25) is 9.59 Å². The van der Waals surface area contributed by atoms with Crippen LogP contribution in [0.4, 0.5) is 24.5 Å². The summed E-state index contributed by atoms with van der Waals surface area (Å²) in [5, 5.41) is 33.3. The topological polar surface area (TPSA) is 188 Å². The molecular formula is C39H34F3N9O5. The molecule has 4 N–H and O–H groups in total. The van der Waals surface area contributed by atoms with E-state index in [1.54, 1.807) is 24.3 Å². The number of benzene rings is 3. The Morgan fingerprint density at radius 3 is 1.91 bits per heavy atom. The first-order valence-electron chi connectivity index (χ1n) is 17.2. The third-order valence-electron chi connectivity index (χ3n) is 8.62. The second-order valence-electron chi connectivity index (χ2n) is 12.4. The van der Waals surface area contributed by atoms with Crippen LogP contribution in [0.25, 0.3) is 5.69 Å². The van der Waals surface area contributed by atoms with Crippen molar-refractivity contribution >= 4 is 23.2 Å². The van der Waals surface area contributed by atoms with Gasteiger partial charge in [-0.05, 0) is 48.5 Å². The number of rotatable bonds is 8. The van der Waals surface area contributed by atoms with Crippen LogP contribution in [0.1, 0.15) is 55.3 Å². The molecule has 2 saturated heterocycles. The Kier molecular flexibility index (Phi) is 12.7. The molecule has 2 aliphatic rings. The number of hydrogen-bond donors (Lipinski definition) is 4. The Balaban J connectivity index is 0.000000192. The van der Waals surface area contributed by atoms with E-state index in [4.69, 9.17) is 24.7 Å². The second kappa shape index (κ2) is 18.1. The number of nitriles is 2. The van der Waals surface area contributed by atoms with Crippen molar-refractivity contribution in [1.82, 2.24) is 25.4 Å². The first kappa shape index (κ1) is 39.1. The average molecular weight is 766 g/mol. The van der Waals surface area contributed by atoms with Gasteiger partial charge in [0.05, 0.1) is 55.9 Å². The zero-order valence-corrected chi connectivity index (χ0v) is 29.8. The highest BCUT2D eigenvalue weighted by Crippen LogP contribution is 2.26. The molecule has 3 aromatic carbocycles. The zero-order valence-electron chi connectivity index (χ0n) is 29.8. The van der Waals surface area contributed by atoms with E-state index in [0.717, 1.165) is 19.2 Å². The molecule has 2 aliphatic heterocycles. The van der Waals surface area contributed by atoms with E-state index in [0.29, 0.717) is 43.1 Å². The minimum atomic E-state index is -0.638. The van der Waals surface area contributed by atoms with Crippen LogP contribution >= 0.6 is 0 Å². The highest BCUT2D eigenvalue weighted by molar-refractivity contribution is 6.05. The number of pyridine rings is 1. The number of morpholine rings is 2. The molecule has 2 amide bonds. The molecule has 4 heterocycles. The number of amides is 2. The summed E-state index contributed by atoms with van der Waals surface area (Å²) in [4.78, 5) is 28.8. The Labute approximate surface area is 318 Å². The number of carbonyl (C=O) groups is 2. The molecule has 0 aliphatic carbocycles. The second-order valence-corrected chi connectivity index (χ2v) is 12.4. The van der Waals surface area contributed by atoms with Gasteiger partial charge in [-0.2, -0.15) is 15.6 Å². The third-order valence-corrected chi connectivity index (χ3v) is 8.62. The summed E-state index contributed by atoms with van der Waals surface area (Å²) in [5.41, 5.74) is 2.14. The Bertz CT molecular complexity index is 2310. The van der Waals surface area contributed by atoms with E-state index < -0.39 is 29.3 Å². The Morgan fingerprint density at radius 1 is 0.804 bits per heavy atom. The van der Waals surface area contributed by atoms with Gasteiger partial charge in [0.2, 0.25) is 5.88 Å². The minimum absolute atomic E-state index is 0.0537. The van der Waals surface area contributed by atoms with Gasteiger partial charge in [0.1, 0.15) is 34.9 Å². The summed E-state index contributed by atoms with van der Waals surface area (Å²) in [6.45, 7) is 3.56. The minimum Gasteiger partial charge on any atom is -0.481 e. The van der Waals surface area contributed by atoms with Crippen molar-refractivity contribution in [2.45, 2.75) is 12.2 Å². The van der Waals surface area contributed by atoms with Crippen LogP contribution in [-0.4, -0.2) is 73.1 Å². The molecule has 2 atom stereocenters. The van der Waals surface area contributed by atoms with Gasteiger partial charge < -0.3 is 35.5 Å². The van der Waals surface area contributed by atoms with Gasteiger partial charge >= 0.3 is 0 Å². The predicted octanol–water partition coefficient (Wildman–Crippen LogP) is 4.95. The number of nitrogens with one attached hydrogen (secondary N) is 4. The molecule has 0 saturated carbocycles. The molecule has 0 bridgehead atoms. The maximum absolute atomic E-state index is 14.5. The van der Waals surface area contributed by atoms with Crippen LogP contribution in [-0.2, 0) is 9.47 Å². The molecule has 0 radical (unpaired) electrons. The van der Waals surface area contributed by atoms with Gasteiger partial charge in [-0.15, -0.1) is 0 Å². The lowest BCUT2D eigenvalue weighted by Crippen LogP contribution is -2.33. The fraction of sp³-hybridized carbons (Fsp3) is 0.231. The first-order valence-corrected chi connectivity index (χ1v) is 17.2. The summed E-state index contributed by atoms with van der Waals surface area (Å²) >= 11 is 0. The fourth-order valence-corrected chi connectivity index (χ4v) is 5.80. The maximum Gasteiger partial charge on any atom is 0.258 e. The first-order chi connectivity index (χ1) is 27.1. The van der Waals surface area contributed by atoms with E-state index in [9.17, 15) is 22.8 Å². The molecule has 0 spiro atoms. The highest BCUT2D eigenvalue weighted by atomic mass is 19.1. The van der Waals surface area contributed by atoms with Crippen LogP contribution in [0.2, 0.25) is 0 Å². The van der Waals surface area contributed by atoms with E-state index in [1.807, 2.05) is 12.1 Å². The summed E-state index contributed by atoms with van der Waals surface area (Å²) in [5.74, 6) is -2.43. The summed E-state index contributed by atoms with van der Waals surface area (Å²) in [6, 6.07) is 19.3. The lowest BCUT2D eigenvalue weighted by atomic mass is 10.1. The van der Waals surface area contributed by atoms with E-state index >= 15 is 0 Å². The number of halogens is 3. The van der Waals surface area contributed by atoms with Crippen molar-refractivity contribution in [2.75, 3.05) is 57.1 Å². The molecule has 0 unspecified atom stereocenters. The van der Waals surface area contributed by atoms with Gasteiger partial charge in [0.15, 0.2) is 0 Å². The van der Waals surface area contributed by atoms with Gasteiger partial charge in [0.25, 0.3) is 11.8 Å². The number of methoxy groups -OCH3 is 1. The smallest absolute Gasteiger partial charge is 0.258 e. The number of aromatic nitrogens is 3. The maximum atomic E-state index is 14.5. The highest BCUT2D eigenvalue weighted by Gasteiger charge is 2.22. The molecule has 5 aromatic rings. The van der Waals surface area contributed by atoms with Crippen molar-refractivity contribution < 1.29 is 37.0 Å². The zero-order chi connectivity index (χ0) is 39.6. The quantitative estimate of drug-likeness (QED) is 0.167. The van der Waals surface area contributed by atoms with Crippen LogP contribution in [0.3, 0.4) is 0 Å². The predicted molar refractivity (Wildman–Crippen MR) is 196 cm³/mol. The largest absolute Gasteiger partial charge is 0.481 e. The van der Waals surface area contributed by atoms with Crippen LogP contribution in [0.5, 0.6) is 5.88 Å².